The number of carbonyl (C=O) groups is 1. The molecule has 0 unspecified atom stereocenters. The third kappa shape index (κ3) is 4.20. The molecule has 6 nitrogen and oxygen atoms in total. The molecule has 8 heteroatoms. The van der Waals surface area contributed by atoms with E-state index in [9.17, 15) is 13.2 Å². The van der Waals surface area contributed by atoms with Gasteiger partial charge in [0.2, 0.25) is 5.91 Å². The normalized spacial score (nSPS) is 14.5. The first-order valence-corrected chi connectivity index (χ1v) is 10.5. The maximum absolute atomic E-state index is 12.8. The van der Waals surface area contributed by atoms with Gasteiger partial charge in [0.15, 0.2) is 21.3 Å². The molecule has 0 N–H and O–H groups in total. The van der Waals surface area contributed by atoms with Gasteiger partial charge in [-0.3, -0.25) is 4.79 Å². The monoisotopic (exact) mass is 409 g/mol. The zero-order chi connectivity index (χ0) is 19.6. The van der Waals surface area contributed by atoms with Crippen LogP contribution in [-0.4, -0.2) is 39.8 Å². The lowest BCUT2D eigenvalue weighted by Crippen LogP contribution is -2.39. The van der Waals surface area contributed by atoms with E-state index in [1.54, 1.807) is 37.4 Å². The molecule has 0 aliphatic carbocycles. The summed E-state index contributed by atoms with van der Waals surface area (Å²) in [6, 6.07) is 12.0. The van der Waals surface area contributed by atoms with E-state index < -0.39 is 21.0 Å². The Balaban J connectivity index is 1.80. The van der Waals surface area contributed by atoms with E-state index in [0.29, 0.717) is 36.0 Å². The number of hydrogen-bond donors (Lipinski definition) is 0. The van der Waals surface area contributed by atoms with Gasteiger partial charge in [-0.1, -0.05) is 29.8 Å². The molecule has 1 amide bonds. The molecule has 0 saturated heterocycles. The van der Waals surface area contributed by atoms with Gasteiger partial charge in [0, 0.05) is 12.7 Å². The number of fused-ring (bicyclic) bond motifs is 1. The van der Waals surface area contributed by atoms with E-state index in [1.807, 2.05) is 6.07 Å². The van der Waals surface area contributed by atoms with Gasteiger partial charge in [-0.2, -0.15) is 0 Å². The number of rotatable bonds is 5. The lowest BCUT2D eigenvalue weighted by Gasteiger charge is -2.22. The third-order valence-electron chi connectivity index (χ3n) is 4.38. The van der Waals surface area contributed by atoms with Crippen molar-refractivity contribution in [3.8, 4) is 11.5 Å². The molecule has 2 aromatic carbocycles. The van der Waals surface area contributed by atoms with Gasteiger partial charge in [0.25, 0.3) is 0 Å². The zero-order valence-corrected chi connectivity index (χ0v) is 16.6. The summed E-state index contributed by atoms with van der Waals surface area (Å²) in [5.74, 6) is 0.0139. The molecule has 1 aliphatic rings. The van der Waals surface area contributed by atoms with Gasteiger partial charge in [-0.25, -0.2) is 8.42 Å². The largest absolute Gasteiger partial charge is 0.486 e. The van der Waals surface area contributed by atoms with Crippen LogP contribution in [0.2, 0.25) is 5.02 Å². The Hall–Kier alpha value is -2.25. The fourth-order valence-electron chi connectivity index (χ4n) is 2.81. The molecular formula is C19H20ClNO5S. The first kappa shape index (κ1) is 19.5. The van der Waals surface area contributed by atoms with Gasteiger partial charge in [0.05, 0.1) is 10.8 Å². The molecule has 2 aromatic rings. The van der Waals surface area contributed by atoms with Crippen molar-refractivity contribution in [2.45, 2.75) is 17.9 Å². The number of para-hydroxylation sites is 1. The Labute approximate surface area is 163 Å². The minimum Gasteiger partial charge on any atom is -0.486 e. The highest BCUT2D eigenvalue weighted by Gasteiger charge is 2.31. The van der Waals surface area contributed by atoms with Crippen LogP contribution in [0.4, 0.5) is 5.69 Å². The molecule has 1 heterocycles. The van der Waals surface area contributed by atoms with Gasteiger partial charge in [-0.05, 0) is 36.8 Å². The molecule has 0 radical (unpaired) electrons. The van der Waals surface area contributed by atoms with E-state index in [2.05, 4.69) is 0 Å². The lowest BCUT2D eigenvalue weighted by atomic mass is 10.2. The SMILES string of the molecule is C[C@@H](C(=O)N(C)c1ccccc1)S(=O)(=O)Cc1cc(Cl)c2c(c1)OCCO2. The second kappa shape index (κ2) is 7.78. The Morgan fingerprint density at radius 1 is 1.19 bits per heavy atom. The number of sulfone groups is 1. The summed E-state index contributed by atoms with van der Waals surface area (Å²) in [6.45, 7) is 2.16. The van der Waals surface area contributed by atoms with Crippen LogP contribution in [0.5, 0.6) is 11.5 Å². The molecule has 27 heavy (non-hydrogen) atoms. The van der Waals surface area contributed by atoms with Crippen molar-refractivity contribution in [2.75, 3.05) is 25.2 Å². The van der Waals surface area contributed by atoms with Gasteiger partial charge in [-0.15, -0.1) is 0 Å². The summed E-state index contributed by atoms with van der Waals surface area (Å²) in [7, 11) is -2.19. The average Bonchev–Trinajstić information content (AvgIpc) is 2.66. The van der Waals surface area contributed by atoms with Crippen LogP contribution in [0, 0.1) is 0 Å². The van der Waals surface area contributed by atoms with Crippen LogP contribution in [0.1, 0.15) is 12.5 Å². The highest BCUT2D eigenvalue weighted by Crippen LogP contribution is 2.38. The molecule has 3 rings (SSSR count). The molecule has 0 spiro atoms. The fourth-order valence-corrected chi connectivity index (χ4v) is 4.44. The minimum atomic E-state index is -3.76. The van der Waals surface area contributed by atoms with E-state index in [-0.39, 0.29) is 10.8 Å². The molecule has 0 aromatic heterocycles. The number of halogens is 1. The fraction of sp³-hybridized carbons (Fsp3) is 0.316. The Morgan fingerprint density at radius 3 is 2.56 bits per heavy atom. The topological polar surface area (TPSA) is 72.9 Å². The summed E-state index contributed by atoms with van der Waals surface area (Å²) < 4.78 is 36.5. The molecule has 1 aliphatic heterocycles. The quantitative estimate of drug-likeness (QED) is 0.758. The number of amides is 1. The van der Waals surface area contributed by atoms with Crippen LogP contribution >= 0.6 is 11.6 Å². The lowest BCUT2D eigenvalue weighted by molar-refractivity contribution is -0.117. The van der Waals surface area contributed by atoms with E-state index in [1.165, 1.54) is 17.9 Å². The van der Waals surface area contributed by atoms with E-state index in [4.69, 9.17) is 21.1 Å². The predicted molar refractivity (Wildman–Crippen MR) is 104 cm³/mol. The third-order valence-corrected chi connectivity index (χ3v) is 6.68. The Bertz CT molecular complexity index is 946. The maximum Gasteiger partial charge on any atom is 0.244 e. The summed E-state index contributed by atoms with van der Waals surface area (Å²) in [5.41, 5.74) is 1.08. The minimum absolute atomic E-state index is 0.290. The van der Waals surface area contributed by atoms with Crippen LogP contribution < -0.4 is 14.4 Å². The van der Waals surface area contributed by atoms with Crippen LogP contribution in [0.3, 0.4) is 0 Å². The van der Waals surface area contributed by atoms with Crippen LogP contribution in [0.25, 0.3) is 0 Å². The number of ether oxygens (including phenoxy) is 2. The second-order valence-corrected chi connectivity index (χ2v) is 9.01. The Morgan fingerprint density at radius 2 is 1.85 bits per heavy atom. The summed E-state index contributed by atoms with van der Waals surface area (Å²) in [5, 5.41) is -0.910. The van der Waals surface area contributed by atoms with Crippen LogP contribution in [0.15, 0.2) is 42.5 Å². The molecule has 0 fully saturated rings. The van der Waals surface area contributed by atoms with Crippen molar-refractivity contribution >= 4 is 33.0 Å². The van der Waals surface area contributed by atoms with Crippen molar-refractivity contribution in [1.82, 2.24) is 0 Å². The van der Waals surface area contributed by atoms with Gasteiger partial charge < -0.3 is 14.4 Å². The van der Waals surface area contributed by atoms with Gasteiger partial charge >= 0.3 is 0 Å². The second-order valence-electron chi connectivity index (χ2n) is 6.28. The molecular weight excluding hydrogens is 390 g/mol. The first-order chi connectivity index (χ1) is 12.8. The maximum atomic E-state index is 12.8. The molecule has 144 valence electrons. The van der Waals surface area contributed by atoms with E-state index in [0.717, 1.165) is 0 Å². The smallest absolute Gasteiger partial charge is 0.244 e. The van der Waals surface area contributed by atoms with Crippen molar-refractivity contribution < 1.29 is 22.7 Å². The van der Waals surface area contributed by atoms with Crippen LogP contribution in [-0.2, 0) is 20.4 Å². The van der Waals surface area contributed by atoms with Crippen molar-refractivity contribution in [3.05, 3.63) is 53.1 Å². The number of hydrogen-bond acceptors (Lipinski definition) is 5. The van der Waals surface area contributed by atoms with E-state index >= 15 is 0 Å². The predicted octanol–water partition coefficient (Wildman–Crippen LogP) is 3.08. The number of nitrogens with zero attached hydrogens (tertiary/aromatic N) is 1. The standard InChI is InChI=1S/C19H20ClNO5S/c1-13(19(22)21(2)15-6-4-3-5-7-15)27(23,24)12-14-10-16(20)18-17(11-14)25-8-9-26-18/h3-7,10-11,13H,8-9,12H2,1-2H3/t13-/m0/s1. The number of anilines is 1. The summed E-state index contributed by atoms with van der Waals surface area (Å²) in [4.78, 5) is 14.0. The highest BCUT2D eigenvalue weighted by atomic mass is 35.5. The number of carbonyl (C=O) groups excluding carboxylic acids is 1. The van der Waals surface area contributed by atoms with Crippen molar-refractivity contribution in [3.63, 3.8) is 0 Å². The zero-order valence-electron chi connectivity index (χ0n) is 15.0. The van der Waals surface area contributed by atoms with Gasteiger partial charge in [0.1, 0.15) is 18.5 Å². The first-order valence-electron chi connectivity index (χ1n) is 8.42. The average molecular weight is 410 g/mol. The summed E-state index contributed by atoms with van der Waals surface area (Å²) >= 11 is 6.17. The Kier molecular flexibility index (Phi) is 5.62. The summed E-state index contributed by atoms with van der Waals surface area (Å²) in [6.07, 6.45) is 0. The molecule has 0 bridgehead atoms. The molecule has 1 atom stereocenters. The number of benzene rings is 2. The van der Waals surface area contributed by atoms with Crippen molar-refractivity contribution in [2.24, 2.45) is 0 Å². The highest BCUT2D eigenvalue weighted by molar-refractivity contribution is 7.92. The molecule has 0 saturated carbocycles. The van der Waals surface area contributed by atoms with Crippen molar-refractivity contribution in [1.29, 1.82) is 0 Å².